The number of hydrogen-bond donors (Lipinski definition) is 0. The summed E-state index contributed by atoms with van der Waals surface area (Å²) in [5.41, 5.74) is 0.953. The molecule has 0 spiro atoms. The molecule has 0 radical (unpaired) electrons. The standard InChI is InChI=1S/C10H15ClN2O/c1-7(2)8(4-5-14)10-9(11)6-12-13(10)3/h5-8H,4H2,1-3H3. The number of aldehydes is 1. The largest absolute Gasteiger partial charge is 0.303 e. The maximum absolute atomic E-state index is 10.6. The van der Waals surface area contributed by atoms with E-state index in [4.69, 9.17) is 11.6 Å². The van der Waals surface area contributed by atoms with Crippen LogP contribution in [0, 0.1) is 5.92 Å². The molecule has 1 unspecified atom stereocenters. The normalized spacial score (nSPS) is 13.2. The fourth-order valence-corrected chi connectivity index (χ4v) is 1.95. The van der Waals surface area contributed by atoms with Gasteiger partial charge in [0.05, 0.1) is 16.9 Å². The Labute approximate surface area is 89.1 Å². The minimum Gasteiger partial charge on any atom is -0.303 e. The highest BCUT2D eigenvalue weighted by molar-refractivity contribution is 6.31. The highest BCUT2D eigenvalue weighted by atomic mass is 35.5. The van der Waals surface area contributed by atoms with Crippen molar-refractivity contribution in [3.63, 3.8) is 0 Å². The van der Waals surface area contributed by atoms with Gasteiger partial charge in [-0.05, 0) is 5.92 Å². The smallest absolute Gasteiger partial charge is 0.120 e. The van der Waals surface area contributed by atoms with E-state index in [1.54, 1.807) is 10.9 Å². The lowest BCUT2D eigenvalue weighted by Gasteiger charge is -2.19. The van der Waals surface area contributed by atoms with Crippen LogP contribution in [-0.4, -0.2) is 16.1 Å². The molecular formula is C10H15ClN2O. The summed E-state index contributed by atoms with van der Waals surface area (Å²) < 4.78 is 1.75. The van der Waals surface area contributed by atoms with Gasteiger partial charge in [0.2, 0.25) is 0 Å². The van der Waals surface area contributed by atoms with E-state index in [2.05, 4.69) is 18.9 Å². The molecule has 0 saturated heterocycles. The molecule has 0 saturated carbocycles. The van der Waals surface area contributed by atoms with Crippen LogP contribution in [0.25, 0.3) is 0 Å². The van der Waals surface area contributed by atoms with Gasteiger partial charge in [-0.1, -0.05) is 25.4 Å². The molecule has 0 aromatic carbocycles. The average molecular weight is 215 g/mol. The lowest BCUT2D eigenvalue weighted by Crippen LogP contribution is -2.12. The van der Waals surface area contributed by atoms with Crippen LogP contribution in [0.4, 0.5) is 0 Å². The number of carbonyl (C=O) groups excluding carboxylic acids is 1. The number of aryl methyl sites for hydroxylation is 1. The zero-order chi connectivity index (χ0) is 10.7. The maximum Gasteiger partial charge on any atom is 0.120 e. The van der Waals surface area contributed by atoms with Crippen LogP contribution in [0.5, 0.6) is 0 Å². The van der Waals surface area contributed by atoms with Gasteiger partial charge < -0.3 is 4.79 Å². The fraction of sp³-hybridized carbons (Fsp3) is 0.600. The number of aromatic nitrogens is 2. The van der Waals surface area contributed by atoms with Crippen LogP contribution in [0.3, 0.4) is 0 Å². The van der Waals surface area contributed by atoms with Crippen LogP contribution >= 0.6 is 11.6 Å². The second kappa shape index (κ2) is 4.60. The number of hydrogen-bond acceptors (Lipinski definition) is 2. The van der Waals surface area contributed by atoms with Crippen LogP contribution in [0.15, 0.2) is 6.20 Å². The first-order valence-corrected chi connectivity index (χ1v) is 5.06. The van der Waals surface area contributed by atoms with Crippen molar-refractivity contribution in [1.29, 1.82) is 0 Å². The van der Waals surface area contributed by atoms with E-state index in [0.29, 0.717) is 17.4 Å². The average Bonchev–Trinajstić information content (AvgIpc) is 2.43. The summed E-state index contributed by atoms with van der Waals surface area (Å²) in [5.74, 6) is 0.542. The Morgan fingerprint density at radius 1 is 1.64 bits per heavy atom. The number of halogens is 1. The van der Waals surface area contributed by atoms with Gasteiger partial charge >= 0.3 is 0 Å². The van der Waals surface area contributed by atoms with Gasteiger partial charge in [-0.3, -0.25) is 4.68 Å². The van der Waals surface area contributed by atoms with E-state index < -0.39 is 0 Å². The number of carbonyl (C=O) groups is 1. The van der Waals surface area contributed by atoms with Gasteiger partial charge in [0, 0.05) is 19.4 Å². The lowest BCUT2D eigenvalue weighted by molar-refractivity contribution is -0.108. The summed E-state index contributed by atoms with van der Waals surface area (Å²) in [6.45, 7) is 4.16. The molecule has 0 aliphatic carbocycles. The third kappa shape index (κ3) is 2.15. The van der Waals surface area contributed by atoms with Crippen molar-refractivity contribution < 1.29 is 4.79 Å². The Bertz CT molecular complexity index is 300. The van der Waals surface area contributed by atoms with E-state index in [9.17, 15) is 4.79 Å². The van der Waals surface area contributed by atoms with Crippen molar-refractivity contribution in [2.75, 3.05) is 0 Å². The number of nitrogens with zero attached hydrogens (tertiary/aromatic N) is 2. The topological polar surface area (TPSA) is 34.9 Å². The van der Waals surface area contributed by atoms with Gasteiger partial charge in [0.15, 0.2) is 0 Å². The quantitative estimate of drug-likeness (QED) is 0.722. The van der Waals surface area contributed by atoms with E-state index >= 15 is 0 Å². The zero-order valence-corrected chi connectivity index (χ0v) is 9.45. The van der Waals surface area contributed by atoms with Crippen molar-refractivity contribution in [2.24, 2.45) is 13.0 Å². The monoisotopic (exact) mass is 214 g/mol. The maximum atomic E-state index is 10.6. The Morgan fingerprint density at radius 3 is 2.64 bits per heavy atom. The lowest BCUT2D eigenvalue weighted by atomic mass is 9.90. The van der Waals surface area contributed by atoms with Crippen LogP contribution < -0.4 is 0 Å². The second-order valence-corrected chi connectivity index (χ2v) is 4.16. The molecule has 78 valence electrons. The third-order valence-corrected chi connectivity index (χ3v) is 2.73. The van der Waals surface area contributed by atoms with Crippen LogP contribution in [0.2, 0.25) is 5.02 Å². The molecule has 0 amide bonds. The molecule has 1 atom stereocenters. The minimum absolute atomic E-state index is 0.160. The Balaban J connectivity index is 3.03. The van der Waals surface area contributed by atoms with Crippen molar-refractivity contribution in [1.82, 2.24) is 9.78 Å². The van der Waals surface area contributed by atoms with E-state index in [0.717, 1.165) is 12.0 Å². The SMILES string of the molecule is CC(C)C(CC=O)c1c(Cl)cnn1C. The molecule has 1 rings (SSSR count). The summed E-state index contributed by atoms with van der Waals surface area (Å²) >= 11 is 6.02. The van der Waals surface area contributed by atoms with Crippen molar-refractivity contribution >= 4 is 17.9 Å². The molecule has 0 aliphatic heterocycles. The summed E-state index contributed by atoms with van der Waals surface area (Å²) in [7, 11) is 1.85. The van der Waals surface area contributed by atoms with Gasteiger partial charge in [0.1, 0.15) is 6.29 Å². The van der Waals surface area contributed by atoms with Crippen molar-refractivity contribution in [3.8, 4) is 0 Å². The first-order valence-electron chi connectivity index (χ1n) is 4.69. The second-order valence-electron chi connectivity index (χ2n) is 3.75. The Kier molecular flexibility index (Phi) is 3.69. The molecule has 14 heavy (non-hydrogen) atoms. The predicted octanol–water partition coefficient (Wildman–Crippen LogP) is 2.40. The highest BCUT2D eigenvalue weighted by Gasteiger charge is 2.21. The molecule has 4 heteroatoms. The summed E-state index contributed by atoms with van der Waals surface area (Å²) in [6.07, 6.45) is 3.06. The Hall–Kier alpha value is -0.830. The molecule has 3 nitrogen and oxygen atoms in total. The van der Waals surface area contributed by atoms with E-state index in [1.807, 2.05) is 7.05 Å². The molecule has 1 aromatic rings. The fourth-order valence-electron chi connectivity index (χ4n) is 1.64. The highest BCUT2D eigenvalue weighted by Crippen LogP contribution is 2.31. The minimum atomic E-state index is 0.160. The van der Waals surface area contributed by atoms with E-state index in [1.165, 1.54) is 0 Å². The van der Waals surface area contributed by atoms with Gasteiger partial charge in [0.25, 0.3) is 0 Å². The summed E-state index contributed by atoms with van der Waals surface area (Å²) in [4.78, 5) is 10.6. The first-order chi connectivity index (χ1) is 6.57. The molecular weight excluding hydrogens is 200 g/mol. The molecule has 0 fully saturated rings. The van der Waals surface area contributed by atoms with Crippen LogP contribution in [0.1, 0.15) is 31.9 Å². The molecule has 1 aromatic heterocycles. The Morgan fingerprint density at radius 2 is 2.29 bits per heavy atom. The number of rotatable bonds is 4. The van der Waals surface area contributed by atoms with Gasteiger partial charge in [-0.15, -0.1) is 0 Å². The predicted molar refractivity (Wildman–Crippen MR) is 56.5 cm³/mol. The van der Waals surface area contributed by atoms with Crippen LogP contribution in [-0.2, 0) is 11.8 Å². The van der Waals surface area contributed by atoms with Gasteiger partial charge in [-0.2, -0.15) is 5.10 Å². The molecule has 0 aliphatic rings. The van der Waals surface area contributed by atoms with Crippen molar-refractivity contribution in [3.05, 3.63) is 16.9 Å². The van der Waals surface area contributed by atoms with Gasteiger partial charge in [-0.25, -0.2) is 0 Å². The van der Waals surface area contributed by atoms with E-state index in [-0.39, 0.29) is 5.92 Å². The molecule has 0 bridgehead atoms. The molecule has 1 heterocycles. The summed E-state index contributed by atoms with van der Waals surface area (Å²) in [5, 5.41) is 4.72. The first kappa shape index (κ1) is 11.2. The van der Waals surface area contributed by atoms with Crippen molar-refractivity contribution in [2.45, 2.75) is 26.2 Å². The molecule has 0 N–H and O–H groups in total. The third-order valence-electron chi connectivity index (χ3n) is 2.44. The zero-order valence-electron chi connectivity index (χ0n) is 8.70. The summed E-state index contributed by atoms with van der Waals surface area (Å²) in [6, 6.07) is 0.